The highest BCUT2D eigenvalue weighted by Gasteiger charge is 2.47. The number of hydrogen-bond donors (Lipinski definition) is 1. The Bertz CT molecular complexity index is 1130. The standard InChI is InChI=1S/C26H24N2O4/c1-31-25(30)26(16-19-9-4-2-5-10-19)17-23(28-32-26)18-27-24(29)22-14-8-13-21(15-22)20-11-6-3-7-12-20/h2-15H,16-18H2,1H3,(H,27,29). The van der Waals surface area contributed by atoms with E-state index in [1.54, 1.807) is 6.07 Å². The van der Waals surface area contributed by atoms with Crippen molar-refractivity contribution in [2.24, 2.45) is 5.16 Å². The quantitative estimate of drug-likeness (QED) is 0.577. The molecule has 0 saturated heterocycles. The smallest absolute Gasteiger partial charge is 0.353 e. The molecule has 6 heteroatoms. The summed E-state index contributed by atoms with van der Waals surface area (Å²) in [4.78, 5) is 30.8. The first kappa shape index (κ1) is 21.3. The van der Waals surface area contributed by atoms with Crippen molar-refractivity contribution in [1.29, 1.82) is 0 Å². The molecule has 1 unspecified atom stereocenters. The third-order valence-corrected chi connectivity index (χ3v) is 5.41. The molecule has 0 spiro atoms. The van der Waals surface area contributed by atoms with Crippen LogP contribution in [-0.4, -0.2) is 36.8 Å². The number of ether oxygens (including phenoxy) is 1. The second-order valence-corrected chi connectivity index (χ2v) is 7.70. The maximum absolute atomic E-state index is 12.7. The molecule has 0 radical (unpaired) electrons. The summed E-state index contributed by atoms with van der Waals surface area (Å²) in [7, 11) is 1.33. The van der Waals surface area contributed by atoms with E-state index >= 15 is 0 Å². The Labute approximate surface area is 186 Å². The van der Waals surface area contributed by atoms with E-state index in [0.717, 1.165) is 16.7 Å². The number of hydrogen-bond acceptors (Lipinski definition) is 5. The lowest BCUT2D eigenvalue weighted by Crippen LogP contribution is -2.43. The second kappa shape index (κ2) is 9.47. The van der Waals surface area contributed by atoms with Gasteiger partial charge in [-0.15, -0.1) is 0 Å². The minimum atomic E-state index is -1.22. The fraction of sp³-hybridized carbons (Fsp3) is 0.192. The fourth-order valence-electron chi connectivity index (χ4n) is 3.78. The lowest BCUT2D eigenvalue weighted by atomic mass is 9.89. The van der Waals surface area contributed by atoms with E-state index in [1.807, 2.05) is 78.9 Å². The van der Waals surface area contributed by atoms with E-state index < -0.39 is 11.6 Å². The summed E-state index contributed by atoms with van der Waals surface area (Å²) in [5, 5.41) is 6.96. The number of esters is 1. The van der Waals surface area contributed by atoms with Gasteiger partial charge in [0.2, 0.25) is 5.60 Å². The molecule has 3 aromatic rings. The number of benzene rings is 3. The van der Waals surface area contributed by atoms with E-state index in [4.69, 9.17) is 9.57 Å². The monoisotopic (exact) mass is 428 g/mol. The Balaban J connectivity index is 1.41. The number of oxime groups is 1. The van der Waals surface area contributed by atoms with Crippen LogP contribution in [0.15, 0.2) is 90.1 Å². The molecule has 0 saturated carbocycles. The van der Waals surface area contributed by atoms with Crippen molar-refractivity contribution in [2.75, 3.05) is 13.7 Å². The minimum Gasteiger partial charge on any atom is -0.466 e. The predicted molar refractivity (Wildman–Crippen MR) is 122 cm³/mol. The number of nitrogens with one attached hydrogen (secondary N) is 1. The van der Waals surface area contributed by atoms with E-state index in [9.17, 15) is 9.59 Å². The van der Waals surface area contributed by atoms with Crippen LogP contribution in [0.2, 0.25) is 0 Å². The van der Waals surface area contributed by atoms with Crippen LogP contribution < -0.4 is 5.32 Å². The van der Waals surface area contributed by atoms with Crippen LogP contribution in [0.25, 0.3) is 11.1 Å². The molecule has 6 nitrogen and oxygen atoms in total. The van der Waals surface area contributed by atoms with Crippen LogP contribution in [0.4, 0.5) is 0 Å². The lowest BCUT2D eigenvalue weighted by molar-refractivity contribution is -0.166. The van der Waals surface area contributed by atoms with Crippen molar-refractivity contribution in [3.63, 3.8) is 0 Å². The van der Waals surface area contributed by atoms with Crippen LogP contribution in [0.1, 0.15) is 22.3 Å². The van der Waals surface area contributed by atoms with Crippen LogP contribution in [0.5, 0.6) is 0 Å². The van der Waals surface area contributed by atoms with Crippen molar-refractivity contribution in [1.82, 2.24) is 5.32 Å². The van der Waals surface area contributed by atoms with Crippen molar-refractivity contribution < 1.29 is 19.2 Å². The summed E-state index contributed by atoms with van der Waals surface area (Å²) in [6, 6.07) is 26.9. The molecule has 3 aromatic carbocycles. The van der Waals surface area contributed by atoms with Gasteiger partial charge in [0.05, 0.1) is 19.4 Å². The van der Waals surface area contributed by atoms with Crippen molar-refractivity contribution in [3.05, 3.63) is 96.1 Å². The fourth-order valence-corrected chi connectivity index (χ4v) is 3.78. The zero-order chi connectivity index (χ0) is 22.4. The third kappa shape index (κ3) is 4.70. The van der Waals surface area contributed by atoms with Gasteiger partial charge in [-0.2, -0.15) is 0 Å². The molecule has 0 fully saturated rings. The zero-order valence-corrected chi connectivity index (χ0v) is 17.8. The maximum Gasteiger partial charge on any atom is 0.353 e. The van der Waals surface area contributed by atoms with E-state index in [1.165, 1.54) is 7.11 Å². The highest BCUT2D eigenvalue weighted by molar-refractivity contribution is 6.00. The van der Waals surface area contributed by atoms with Crippen LogP contribution in [0.3, 0.4) is 0 Å². The Morgan fingerprint density at radius 1 is 0.969 bits per heavy atom. The number of amides is 1. The van der Waals surface area contributed by atoms with Gasteiger partial charge in [0.1, 0.15) is 0 Å². The number of carbonyl (C=O) groups excluding carboxylic acids is 2. The largest absolute Gasteiger partial charge is 0.466 e. The van der Waals surface area contributed by atoms with Crippen molar-refractivity contribution in [3.8, 4) is 11.1 Å². The van der Waals surface area contributed by atoms with Gasteiger partial charge in [-0.25, -0.2) is 4.79 Å². The summed E-state index contributed by atoms with van der Waals surface area (Å²) in [6.07, 6.45) is 0.583. The molecule has 1 atom stereocenters. The molecule has 1 amide bonds. The van der Waals surface area contributed by atoms with E-state index in [-0.39, 0.29) is 18.9 Å². The van der Waals surface area contributed by atoms with Gasteiger partial charge in [-0.1, -0.05) is 78.0 Å². The first-order valence-electron chi connectivity index (χ1n) is 10.4. The molecular weight excluding hydrogens is 404 g/mol. The molecule has 1 aliphatic rings. The first-order chi connectivity index (χ1) is 15.6. The molecule has 0 aliphatic carbocycles. The Morgan fingerprint density at radius 2 is 1.66 bits per heavy atom. The van der Waals surface area contributed by atoms with Gasteiger partial charge in [0.25, 0.3) is 5.91 Å². The molecule has 4 rings (SSSR count). The third-order valence-electron chi connectivity index (χ3n) is 5.41. The normalized spacial score (nSPS) is 17.2. The summed E-state index contributed by atoms with van der Waals surface area (Å²) in [5.41, 5.74) is 2.86. The van der Waals surface area contributed by atoms with Gasteiger partial charge in [-0.05, 0) is 28.8 Å². The number of nitrogens with zero attached hydrogens (tertiary/aromatic N) is 1. The topological polar surface area (TPSA) is 77.0 Å². The summed E-state index contributed by atoms with van der Waals surface area (Å²) in [6.45, 7) is 0.182. The summed E-state index contributed by atoms with van der Waals surface area (Å²) in [5.74, 6) is -0.703. The summed E-state index contributed by atoms with van der Waals surface area (Å²) < 4.78 is 4.98. The Hall–Kier alpha value is -3.93. The highest BCUT2D eigenvalue weighted by atomic mass is 16.7. The van der Waals surface area contributed by atoms with Crippen molar-refractivity contribution >= 4 is 17.6 Å². The average Bonchev–Trinajstić information content (AvgIpc) is 3.27. The highest BCUT2D eigenvalue weighted by Crippen LogP contribution is 2.30. The zero-order valence-electron chi connectivity index (χ0n) is 17.8. The SMILES string of the molecule is COC(=O)C1(Cc2ccccc2)CC(CNC(=O)c2cccc(-c3ccccc3)c2)=NO1. The molecule has 32 heavy (non-hydrogen) atoms. The van der Waals surface area contributed by atoms with Gasteiger partial charge in [0.15, 0.2) is 0 Å². The minimum absolute atomic E-state index is 0.182. The lowest BCUT2D eigenvalue weighted by Gasteiger charge is -2.23. The van der Waals surface area contributed by atoms with E-state index in [0.29, 0.717) is 17.7 Å². The molecular formula is C26H24N2O4. The van der Waals surface area contributed by atoms with Crippen LogP contribution in [-0.2, 0) is 20.8 Å². The Kier molecular flexibility index (Phi) is 6.31. The molecule has 0 aromatic heterocycles. The number of methoxy groups -OCH3 is 1. The average molecular weight is 428 g/mol. The van der Waals surface area contributed by atoms with Crippen LogP contribution >= 0.6 is 0 Å². The van der Waals surface area contributed by atoms with Gasteiger partial charge >= 0.3 is 5.97 Å². The molecule has 1 N–H and O–H groups in total. The van der Waals surface area contributed by atoms with Crippen molar-refractivity contribution in [2.45, 2.75) is 18.4 Å². The maximum atomic E-state index is 12.7. The van der Waals surface area contributed by atoms with Gasteiger partial charge < -0.3 is 14.9 Å². The van der Waals surface area contributed by atoms with Gasteiger partial charge in [-0.3, -0.25) is 4.79 Å². The van der Waals surface area contributed by atoms with E-state index in [2.05, 4.69) is 10.5 Å². The molecule has 1 heterocycles. The first-order valence-corrected chi connectivity index (χ1v) is 10.4. The van der Waals surface area contributed by atoms with Crippen LogP contribution in [0, 0.1) is 0 Å². The predicted octanol–water partition coefficient (Wildman–Crippen LogP) is 4.01. The summed E-state index contributed by atoms with van der Waals surface area (Å²) >= 11 is 0. The number of rotatable bonds is 7. The van der Waals surface area contributed by atoms with Gasteiger partial charge in [0, 0.05) is 18.4 Å². The molecule has 0 bridgehead atoms. The Morgan fingerprint density at radius 3 is 2.38 bits per heavy atom. The second-order valence-electron chi connectivity index (χ2n) is 7.70. The molecule has 1 aliphatic heterocycles. The number of carbonyl (C=O) groups is 2. The molecule has 162 valence electrons.